The van der Waals surface area contributed by atoms with Crippen LogP contribution in [0.3, 0.4) is 0 Å². The lowest BCUT2D eigenvalue weighted by Gasteiger charge is -2.40. The number of likely N-dealkylation sites (tertiary alicyclic amines) is 1. The van der Waals surface area contributed by atoms with Gasteiger partial charge in [-0.05, 0) is 38.7 Å². The first-order chi connectivity index (χ1) is 11.1. The van der Waals surface area contributed by atoms with Crippen molar-refractivity contribution in [3.8, 4) is 0 Å². The highest BCUT2D eigenvalue weighted by atomic mass is 16.5. The first-order valence-corrected chi connectivity index (χ1v) is 8.76. The van der Waals surface area contributed by atoms with E-state index in [-0.39, 0.29) is 18.0 Å². The lowest BCUT2D eigenvalue weighted by Crippen LogP contribution is -2.55. The number of carbonyl (C=O) groups excluding carboxylic acids is 1. The summed E-state index contributed by atoms with van der Waals surface area (Å²) in [6.45, 7) is 8.92. The van der Waals surface area contributed by atoms with Crippen LogP contribution in [-0.4, -0.2) is 70.4 Å². The molecule has 1 aromatic heterocycles. The van der Waals surface area contributed by atoms with Crippen LogP contribution in [0.5, 0.6) is 0 Å². The number of aromatic nitrogens is 2. The van der Waals surface area contributed by atoms with Crippen LogP contribution in [0.2, 0.25) is 0 Å². The van der Waals surface area contributed by atoms with Crippen molar-refractivity contribution in [1.29, 1.82) is 0 Å². The van der Waals surface area contributed by atoms with Gasteiger partial charge in [0.05, 0.1) is 38.0 Å². The van der Waals surface area contributed by atoms with E-state index in [1.165, 1.54) is 12.0 Å². The summed E-state index contributed by atoms with van der Waals surface area (Å²) in [6, 6.07) is 0.206. The van der Waals surface area contributed by atoms with Crippen molar-refractivity contribution in [2.24, 2.45) is 0 Å². The Kier molecular flexibility index (Phi) is 5.33. The minimum Gasteiger partial charge on any atom is -0.379 e. The molecule has 3 rings (SSSR count). The van der Waals surface area contributed by atoms with Crippen molar-refractivity contribution >= 4 is 5.91 Å². The van der Waals surface area contributed by atoms with Gasteiger partial charge in [-0.3, -0.25) is 14.4 Å². The zero-order valence-electron chi connectivity index (χ0n) is 14.3. The van der Waals surface area contributed by atoms with E-state index in [0.717, 1.165) is 52.2 Å². The standard InChI is InChI=1S/C17H28N4O2/c1-14-11-18-20(12-14)13-16-5-3-4-6-21(16)17(22)15(2)19-7-9-23-10-8-19/h11-12,15-16H,3-10,13H2,1-2H3/t15-,16+/m1/s1. The fraction of sp³-hybridized carbons (Fsp3) is 0.765. The number of carbonyl (C=O) groups is 1. The third-order valence-corrected chi connectivity index (χ3v) is 5.02. The number of hydrogen-bond donors (Lipinski definition) is 0. The molecule has 6 heteroatoms. The third kappa shape index (κ3) is 3.93. The highest BCUT2D eigenvalue weighted by Gasteiger charge is 2.33. The second-order valence-corrected chi connectivity index (χ2v) is 6.75. The van der Waals surface area contributed by atoms with Crippen molar-refractivity contribution in [2.75, 3.05) is 32.8 Å². The molecule has 2 aliphatic heterocycles. The largest absolute Gasteiger partial charge is 0.379 e. The maximum atomic E-state index is 13.0. The van der Waals surface area contributed by atoms with Crippen LogP contribution in [0.15, 0.2) is 12.4 Å². The molecule has 1 amide bonds. The van der Waals surface area contributed by atoms with Gasteiger partial charge in [-0.2, -0.15) is 5.10 Å². The molecule has 0 aromatic carbocycles. The normalized spacial score (nSPS) is 24.6. The Morgan fingerprint density at radius 2 is 2.13 bits per heavy atom. The molecule has 2 aliphatic rings. The summed E-state index contributed by atoms with van der Waals surface area (Å²) in [5.74, 6) is 0.264. The van der Waals surface area contributed by atoms with Gasteiger partial charge in [0.15, 0.2) is 0 Å². The summed E-state index contributed by atoms with van der Waals surface area (Å²) < 4.78 is 7.38. The van der Waals surface area contributed by atoms with Gasteiger partial charge in [-0.15, -0.1) is 0 Å². The Bertz CT molecular complexity index is 524. The monoisotopic (exact) mass is 320 g/mol. The average Bonchev–Trinajstić information content (AvgIpc) is 3.00. The molecule has 1 aromatic rings. The molecule has 0 saturated carbocycles. The number of hydrogen-bond acceptors (Lipinski definition) is 4. The molecule has 2 atom stereocenters. The first kappa shape index (κ1) is 16.5. The summed E-state index contributed by atoms with van der Waals surface area (Å²) in [4.78, 5) is 17.4. The molecule has 128 valence electrons. The summed E-state index contributed by atoms with van der Waals surface area (Å²) >= 11 is 0. The lowest BCUT2D eigenvalue weighted by atomic mass is 10.0. The van der Waals surface area contributed by atoms with Crippen molar-refractivity contribution < 1.29 is 9.53 Å². The first-order valence-electron chi connectivity index (χ1n) is 8.76. The Labute approximate surface area is 138 Å². The van der Waals surface area contributed by atoms with E-state index in [2.05, 4.69) is 21.1 Å². The summed E-state index contributed by atoms with van der Waals surface area (Å²) in [7, 11) is 0. The van der Waals surface area contributed by atoms with E-state index in [9.17, 15) is 4.79 Å². The second-order valence-electron chi connectivity index (χ2n) is 6.75. The molecule has 0 spiro atoms. The van der Waals surface area contributed by atoms with Gasteiger partial charge in [-0.1, -0.05) is 0 Å². The quantitative estimate of drug-likeness (QED) is 0.839. The number of nitrogens with zero attached hydrogens (tertiary/aromatic N) is 4. The fourth-order valence-corrected chi connectivity index (χ4v) is 3.62. The van der Waals surface area contributed by atoms with Gasteiger partial charge in [0.2, 0.25) is 5.91 Å². The van der Waals surface area contributed by atoms with Gasteiger partial charge in [0.25, 0.3) is 0 Å². The Morgan fingerprint density at radius 3 is 2.83 bits per heavy atom. The molecule has 3 heterocycles. The van der Waals surface area contributed by atoms with Crippen LogP contribution in [0, 0.1) is 6.92 Å². The number of amides is 1. The number of piperidine rings is 1. The van der Waals surface area contributed by atoms with E-state index in [0.29, 0.717) is 0 Å². The molecule has 0 radical (unpaired) electrons. The zero-order valence-corrected chi connectivity index (χ0v) is 14.3. The van der Waals surface area contributed by atoms with Crippen molar-refractivity contribution in [3.05, 3.63) is 18.0 Å². The van der Waals surface area contributed by atoms with E-state index < -0.39 is 0 Å². The molecule has 0 N–H and O–H groups in total. The van der Waals surface area contributed by atoms with Gasteiger partial charge in [0.1, 0.15) is 0 Å². The average molecular weight is 320 g/mol. The van der Waals surface area contributed by atoms with Crippen molar-refractivity contribution in [1.82, 2.24) is 19.6 Å². The number of rotatable bonds is 4. The third-order valence-electron chi connectivity index (χ3n) is 5.02. The van der Waals surface area contributed by atoms with E-state index in [1.54, 1.807) is 0 Å². The minimum atomic E-state index is -0.0566. The topological polar surface area (TPSA) is 50.6 Å². The maximum Gasteiger partial charge on any atom is 0.239 e. The lowest BCUT2D eigenvalue weighted by molar-refractivity contribution is -0.142. The summed E-state index contributed by atoms with van der Waals surface area (Å²) in [5, 5.41) is 4.39. The SMILES string of the molecule is Cc1cnn(C[C@@H]2CCCCN2C(=O)[C@@H](C)N2CCOCC2)c1. The molecule has 6 nitrogen and oxygen atoms in total. The minimum absolute atomic E-state index is 0.0566. The molecule has 0 unspecified atom stereocenters. The highest BCUT2D eigenvalue weighted by Crippen LogP contribution is 2.21. The van der Waals surface area contributed by atoms with Gasteiger partial charge in [0, 0.05) is 25.8 Å². The van der Waals surface area contributed by atoms with Gasteiger partial charge < -0.3 is 9.64 Å². The van der Waals surface area contributed by atoms with Crippen LogP contribution in [0.1, 0.15) is 31.7 Å². The molecule has 23 heavy (non-hydrogen) atoms. The smallest absolute Gasteiger partial charge is 0.239 e. The van der Waals surface area contributed by atoms with Crippen LogP contribution >= 0.6 is 0 Å². The van der Waals surface area contributed by atoms with E-state index >= 15 is 0 Å². The Hall–Kier alpha value is -1.40. The predicted molar refractivity (Wildman–Crippen MR) is 88.2 cm³/mol. The second kappa shape index (κ2) is 7.45. The zero-order chi connectivity index (χ0) is 16.2. The molecular formula is C17H28N4O2. The van der Waals surface area contributed by atoms with Crippen LogP contribution in [0.25, 0.3) is 0 Å². The van der Waals surface area contributed by atoms with Gasteiger partial charge in [-0.25, -0.2) is 0 Å². The van der Waals surface area contributed by atoms with Gasteiger partial charge >= 0.3 is 0 Å². The Morgan fingerprint density at radius 1 is 1.35 bits per heavy atom. The van der Waals surface area contributed by atoms with Crippen LogP contribution in [-0.2, 0) is 16.1 Å². The van der Waals surface area contributed by atoms with E-state index in [1.807, 2.05) is 24.7 Å². The van der Waals surface area contributed by atoms with Crippen molar-refractivity contribution in [2.45, 2.75) is 51.7 Å². The maximum absolute atomic E-state index is 13.0. The van der Waals surface area contributed by atoms with E-state index in [4.69, 9.17) is 4.74 Å². The molecular weight excluding hydrogens is 292 g/mol. The van der Waals surface area contributed by atoms with Crippen LogP contribution < -0.4 is 0 Å². The molecule has 0 bridgehead atoms. The molecule has 2 fully saturated rings. The molecule has 0 aliphatic carbocycles. The molecule has 2 saturated heterocycles. The van der Waals surface area contributed by atoms with Crippen LogP contribution in [0.4, 0.5) is 0 Å². The fourth-order valence-electron chi connectivity index (χ4n) is 3.62. The summed E-state index contributed by atoms with van der Waals surface area (Å²) in [5.41, 5.74) is 1.17. The highest BCUT2D eigenvalue weighted by molar-refractivity contribution is 5.82. The number of aryl methyl sites for hydroxylation is 1. The predicted octanol–water partition coefficient (Wildman–Crippen LogP) is 1.29. The van der Waals surface area contributed by atoms with Crippen molar-refractivity contribution in [3.63, 3.8) is 0 Å². The summed E-state index contributed by atoms with van der Waals surface area (Å²) in [6.07, 6.45) is 7.31. The number of ether oxygens (including phenoxy) is 1. The number of morpholine rings is 1. The Balaban J connectivity index is 1.65.